The summed E-state index contributed by atoms with van der Waals surface area (Å²) in [6.45, 7) is 15.3. The molecule has 0 heterocycles. The fraction of sp³-hybridized carbons (Fsp3) is 0.587. The van der Waals surface area contributed by atoms with Crippen LogP contribution >= 0.6 is 0 Å². The van der Waals surface area contributed by atoms with Crippen LogP contribution in [0.15, 0.2) is 60.7 Å². The van der Waals surface area contributed by atoms with E-state index in [1.54, 1.807) is 34.6 Å². The third-order valence-electron chi connectivity index (χ3n) is 10.3. The lowest BCUT2D eigenvalue weighted by Crippen LogP contribution is -2.61. The van der Waals surface area contributed by atoms with Crippen molar-refractivity contribution in [3.63, 3.8) is 0 Å². The summed E-state index contributed by atoms with van der Waals surface area (Å²) in [7, 11) is 5.69. The van der Waals surface area contributed by atoms with Gasteiger partial charge in [0.1, 0.15) is 42.4 Å². The topological polar surface area (TPSA) is 195 Å². The number of carboxylic acids is 1. The molecule has 0 radical (unpaired) electrons. The van der Waals surface area contributed by atoms with Gasteiger partial charge in [0.2, 0.25) is 29.5 Å². The zero-order valence-electron chi connectivity index (χ0n) is 38.8. The van der Waals surface area contributed by atoms with Crippen LogP contribution in [-0.4, -0.2) is 143 Å². The van der Waals surface area contributed by atoms with Crippen molar-refractivity contribution in [3.05, 3.63) is 71.8 Å². The lowest BCUT2D eigenvalue weighted by molar-refractivity contribution is -0.149. The second-order valence-corrected chi connectivity index (χ2v) is 17.8. The first-order chi connectivity index (χ1) is 28.8. The molecule has 0 aromatic heterocycles. The molecule has 344 valence electrons. The summed E-state index contributed by atoms with van der Waals surface area (Å²) in [4.78, 5) is 100. The van der Waals surface area contributed by atoms with Gasteiger partial charge in [-0.15, -0.1) is 0 Å². The van der Waals surface area contributed by atoms with Gasteiger partial charge in [0.15, 0.2) is 0 Å². The van der Waals surface area contributed by atoms with Crippen LogP contribution in [0, 0.1) is 11.8 Å². The number of nitrogens with one attached hydrogen (secondary N) is 2. The minimum absolute atomic E-state index is 0.0882. The molecule has 2 aromatic carbocycles. The van der Waals surface area contributed by atoms with Gasteiger partial charge in [0.05, 0.1) is 12.7 Å². The van der Waals surface area contributed by atoms with Gasteiger partial charge >= 0.3 is 12.1 Å². The summed E-state index contributed by atoms with van der Waals surface area (Å²) in [5.41, 5.74) is 0.766. The summed E-state index contributed by atoms with van der Waals surface area (Å²) in [5.74, 6) is -4.54. The summed E-state index contributed by atoms with van der Waals surface area (Å²) in [6, 6.07) is 12.6. The van der Waals surface area contributed by atoms with Crippen molar-refractivity contribution in [1.29, 1.82) is 0 Å². The van der Waals surface area contributed by atoms with Gasteiger partial charge in [-0.2, -0.15) is 0 Å². The van der Waals surface area contributed by atoms with Crippen LogP contribution in [0.3, 0.4) is 0 Å². The Bertz CT molecular complexity index is 1800. The zero-order valence-corrected chi connectivity index (χ0v) is 38.8. The van der Waals surface area contributed by atoms with Crippen molar-refractivity contribution >= 4 is 41.6 Å². The zero-order chi connectivity index (χ0) is 47.1. The molecule has 2 rings (SSSR count). The van der Waals surface area contributed by atoms with E-state index in [0.717, 1.165) is 16.0 Å². The molecule has 16 heteroatoms. The van der Waals surface area contributed by atoms with E-state index < -0.39 is 90.1 Å². The number of ether oxygens (including phenoxy) is 2. The predicted octanol–water partition coefficient (Wildman–Crippen LogP) is 4.35. The third-order valence-corrected chi connectivity index (χ3v) is 10.3. The van der Waals surface area contributed by atoms with Crippen LogP contribution in [0.1, 0.15) is 86.3 Å². The van der Waals surface area contributed by atoms with Crippen LogP contribution in [-0.2, 0) is 51.3 Å². The van der Waals surface area contributed by atoms with Gasteiger partial charge in [-0.25, -0.2) is 4.79 Å². The molecule has 62 heavy (non-hydrogen) atoms. The molecule has 16 nitrogen and oxygen atoms in total. The first kappa shape index (κ1) is 52.6. The van der Waals surface area contributed by atoms with E-state index in [4.69, 9.17) is 9.47 Å². The lowest BCUT2D eigenvalue weighted by atomic mass is 9.97. The second-order valence-electron chi connectivity index (χ2n) is 17.8. The summed E-state index contributed by atoms with van der Waals surface area (Å²) >= 11 is 0. The quantitative estimate of drug-likeness (QED) is 0.153. The van der Waals surface area contributed by atoms with Crippen molar-refractivity contribution in [2.75, 3.05) is 34.7 Å². The largest absolute Gasteiger partial charge is 0.480 e. The smallest absolute Gasteiger partial charge is 0.410 e. The van der Waals surface area contributed by atoms with E-state index in [0.29, 0.717) is 0 Å². The maximum atomic E-state index is 14.6. The standard InChI is InChI=1S/C46H70N6O10/c1-29(2)24-35(47-40(55)37(26-33-20-16-14-17-21-33)51(12)42(57)31(5)50(11)45(60)62-46(7,8)9)43(58)52(13)36(25-30(3)4)41(56)48-39(44(59)49(10)27-38(53)54)32(6)61-28-34-22-18-15-19-23-34/h14-23,29-32,35-37,39H,24-28H2,1-13H3,(H,47,55)(H,48,56)(H,53,54)/t31?,32?,35?,36?,37?,39-/m0/s1. The Hall–Kier alpha value is -5.51. The predicted molar refractivity (Wildman–Crippen MR) is 235 cm³/mol. The molecule has 6 amide bonds. The highest BCUT2D eigenvalue weighted by atomic mass is 16.6. The normalized spacial score (nSPS) is 14.4. The van der Waals surface area contributed by atoms with Gasteiger partial charge in [-0.3, -0.25) is 33.7 Å². The van der Waals surface area contributed by atoms with Crippen LogP contribution < -0.4 is 10.6 Å². The Labute approximate surface area is 367 Å². The SMILES string of the molecule is CC(C)CC(NC(=O)C(Cc1ccccc1)N(C)C(=O)C(C)N(C)C(=O)OC(C)(C)C)C(=O)N(C)C(CC(C)C)C(=O)N[C@H](C(=O)N(C)CC(=O)O)C(C)OCc1ccccc1. The summed E-state index contributed by atoms with van der Waals surface area (Å²) < 4.78 is 11.5. The molecule has 0 fully saturated rings. The van der Waals surface area contributed by atoms with Gasteiger partial charge in [-0.1, -0.05) is 88.4 Å². The Balaban J connectivity index is 2.48. The highest BCUT2D eigenvalue weighted by Gasteiger charge is 2.39. The Morgan fingerprint density at radius 1 is 0.645 bits per heavy atom. The Kier molecular flexibility index (Phi) is 20.6. The molecule has 0 spiro atoms. The highest BCUT2D eigenvalue weighted by molar-refractivity contribution is 5.96. The fourth-order valence-electron chi connectivity index (χ4n) is 6.64. The van der Waals surface area contributed by atoms with E-state index in [2.05, 4.69) is 10.6 Å². The van der Waals surface area contributed by atoms with Crippen molar-refractivity contribution < 1.29 is 48.1 Å². The van der Waals surface area contributed by atoms with Crippen LogP contribution in [0.4, 0.5) is 4.79 Å². The number of rotatable bonds is 22. The molecule has 0 saturated carbocycles. The third kappa shape index (κ3) is 16.7. The number of carboxylic acid groups (broad SMARTS) is 1. The van der Waals surface area contributed by atoms with Crippen molar-refractivity contribution in [2.45, 2.75) is 130 Å². The molecule has 5 unspecified atom stereocenters. The van der Waals surface area contributed by atoms with Gasteiger partial charge < -0.3 is 39.9 Å². The number of hydrogen-bond donors (Lipinski definition) is 3. The number of aliphatic carboxylic acids is 1. The summed E-state index contributed by atoms with van der Waals surface area (Å²) in [5, 5.41) is 15.1. The number of carbonyl (C=O) groups excluding carboxylic acids is 6. The first-order valence-electron chi connectivity index (χ1n) is 21.1. The molecule has 3 N–H and O–H groups in total. The highest BCUT2D eigenvalue weighted by Crippen LogP contribution is 2.19. The number of likely N-dealkylation sites (N-methyl/N-ethyl adjacent to an activating group) is 4. The maximum Gasteiger partial charge on any atom is 0.410 e. The number of hydrogen-bond acceptors (Lipinski definition) is 9. The monoisotopic (exact) mass is 867 g/mol. The van der Waals surface area contributed by atoms with Gasteiger partial charge in [0, 0.05) is 34.6 Å². The molecule has 0 aliphatic rings. The van der Waals surface area contributed by atoms with E-state index in [9.17, 15) is 38.7 Å². The van der Waals surface area contributed by atoms with Crippen molar-refractivity contribution in [2.24, 2.45) is 11.8 Å². The number of nitrogens with zero attached hydrogens (tertiary/aromatic N) is 4. The fourth-order valence-corrected chi connectivity index (χ4v) is 6.64. The van der Waals surface area contributed by atoms with Crippen LogP contribution in [0.2, 0.25) is 0 Å². The molecular formula is C46H70N6O10. The molecule has 0 aliphatic heterocycles. The minimum atomic E-state index is -1.32. The van der Waals surface area contributed by atoms with E-state index in [1.807, 2.05) is 88.4 Å². The lowest BCUT2D eigenvalue weighted by Gasteiger charge is -2.36. The molecule has 0 saturated heterocycles. The average molecular weight is 867 g/mol. The number of amides is 6. The number of carbonyl (C=O) groups is 7. The van der Waals surface area contributed by atoms with Crippen molar-refractivity contribution in [1.82, 2.24) is 30.2 Å². The minimum Gasteiger partial charge on any atom is -0.480 e. The second kappa shape index (κ2) is 24.2. The Morgan fingerprint density at radius 3 is 1.65 bits per heavy atom. The molecule has 0 aliphatic carbocycles. The Morgan fingerprint density at radius 2 is 1.15 bits per heavy atom. The van der Waals surface area contributed by atoms with Crippen molar-refractivity contribution in [3.8, 4) is 0 Å². The van der Waals surface area contributed by atoms with E-state index in [1.165, 1.54) is 42.9 Å². The van der Waals surface area contributed by atoms with E-state index in [-0.39, 0.29) is 37.7 Å². The van der Waals surface area contributed by atoms with E-state index >= 15 is 0 Å². The van der Waals surface area contributed by atoms with Crippen LogP contribution in [0.5, 0.6) is 0 Å². The molecule has 0 bridgehead atoms. The average Bonchev–Trinajstić information content (AvgIpc) is 3.20. The number of benzene rings is 2. The first-order valence-corrected chi connectivity index (χ1v) is 21.1. The summed E-state index contributed by atoms with van der Waals surface area (Å²) in [6.07, 6.45) is -1.17. The molecule has 2 aromatic rings. The van der Waals surface area contributed by atoms with Crippen LogP contribution in [0.25, 0.3) is 0 Å². The van der Waals surface area contributed by atoms with Gasteiger partial charge in [0.25, 0.3) is 0 Å². The molecular weight excluding hydrogens is 797 g/mol. The maximum absolute atomic E-state index is 14.6. The molecule has 6 atom stereocenters. The van der Waals surface area contributed by atoms with Gasteiger partial charge in [-0.05, 0) is 70.4 Å².